The van der Waals surface area contributed by atoms with E-state index < -0.39 is 0 Å². The van der Waals surface area contributed by atoms with Gasteiger partial charge in [0.15, 0.2) is 5.82 Å². The Kier molecular flexibility index (Phi) is 4.18. The van der Waals surface area contributed by atoms with Crippen molar-refractivity contribution in [3.8, 4) is 0 Å². The molecule has 0 aliphatic carbocycles. The zero-order valence-corrected chi connectivity index (χ0v) is 14.6. The van der Waals surface area contributed by atoms with E-state index in [1.54, 1.807) is 36.5 Å². The van der Waals surface area contributed by atoms with Gasteiger partial charge in [-0.2, -0.15) is 4.98 Å². The van der Waals surface area contributed by atoms with Gasteiger partial charge in [-0.3, -0.25) is 0 Å². The molecule has 0 amide bonds. The fourth-order valence-corrected chi connectivity index (χ4v) is 2.92. The van der Waals surface area contributed by atoms with Crippen molar-refractivity contribution in [2.24, 2.45) is 0 Å². The summed E-state index contributed by atoms with van der Waals surface area (Å²) in [6.07, 6.45) is 1.60. The van der Waals surface area contributed by atoms with Crippen LogP contribution in [0.3, 0.4) is 0 Å². The Bertz CT molecular complexity index is 1090. The summed E-state index contributed by atoms with van der Waals surface area (Å²) in [5.41, 5.74) is 2.79. The van der Waals surface area contributed by atoms with Crippen LogP contribution in [-0.2, 0) is 0 Å². The number of anilines is 4. The van der Waals surface area contributed by atoms with Crippen LogP contribution in [0.15, 0.2) is 54.7 Å². The van der Waals surface area contributed by atoms with Gasteiger partial charge in [-0.1, -0.05) is 17.7 Å². The molecule has 0 unspecified atom stereocenters. The van der Waals surface area contributed by atoms with E-state index in [9.17, 15) is 4.39 Å². The average Bonchev–Trinajstić information content (AvgIpc) is 2.99. The lowest BCUT2D eigenvalue weighted by Gasteiger charge is -2.10. The number of hydrogen-bond donors (Lipinski definition) is 3. The van der Waals surface area contributed by atoms with Gasteiger partial charge < -0.3 is 15.6 Å². The standard InChI is InChI=1S/C19H15ClFN5/c1-11-9-14-15(23-11)5-6-16(18(14)21)25-17-7-8-22-19(26-17)24-13-4-2-3-12(20)10-13/h2-10,23H,1H3,(H2,22,24,25,26). The summed E-state index contributed by atoms with van der Waals surface area (Å²) in [4.78, 5) is 11.7. The van der Waals surface area contributed by atoms with Gasteiger partial charge in [0.05, 0.1) is 5.69 Å². The minimum atomic E-state index is -0.324. The van der Waals surface area contributed by atoms with Crippen molar-refractivity contribution in [1.29, 1.82) is 0 Å². The highest BCUT2D eigenvalue weighted by molar-refractivity contribution is 6.30. The van der Waals surface area contributed by atoms with Gasteiger partial charge in [0, 0.05) is 33.5 Å². The highest BCUT2D eigenvalue weighted by Gasteiger charge is 2.10. The summed E-state index contributed by atoms with van der Waals surface area (Å²) in [6.45, 7) is 1.89. The fraction of sp³-hybridized carbons (Fsp3) is 0.0526. The predicted molar refractivity (Wildman–Crippen MR) is 103 cm³/mol. The maximum atomic E-state index is 14.7. The Labute approximate surface area is 154 Å². The Hall–Kier alpha value is -3.12. The molecule has 4 rings (SSSR count). The van der Waals surface area contributed by atoms with E-state index in [2.05, 4.69) is 25.6 Å². The Morgan fingerprint density at radius 2 is 1.96 bits per heavy atom. The molecule has 4 aromatic rings. The molecule has 2 aromatic carbocycles. The summed E-state index contributed by atoms with van der Waals surface area (Å²) >= 11 is 5.98. The number of aryl methyl sites for hydroxylation is 1. The van der Waals surface area contributed by atoms with Crippen molar-refractivity contribution < 1.29 is 4.39 Å². The monoisotopic (exact) mass is 367 g/mol. The quantitative estimate of drug-likeness (QED) is 0.442. The molecule has 0 saturated carbocycles. The number of H-pyrrole nitrogens is 1. The first-order chi connectivity index (χ1) is 12.6. The zero-order chi connectivity index (χ0) is 18.1. The molecule has 0 aliphatic heterocycles. The zero-order valence-electron chi connectivity index (χ0n) is 13.8. The normalized spacial score (nSPS) is 10.9. The van der Waals surface area contributed by atoms with E-state index in [4.69, 9.17) is 11.6 Å². The van der Waals surface area contributed by atoms with Crippen molar-refractivity contribution in [3.05, 3.63) is 71.3 Å². The van der Waals surface area contributed by atoms with Crippen molar-refractivity contribution in [3.63, 3.8) is 0 Å². The van der Waals surface area contributed by atoms with Gasteiger partial charge in [-0.15, -0.1) is 0 Å². The van der Waals surface area contributed by atoms with Crippen LogP contribution in [0, 0.1) is 12.7 Å². The van der Waals surface area contributed by atoms with E-state index >= 15 is 0 Å². The van der Waals surface area contributed by atoms with Gasteiger partial charge >= 0.3 is 0 Å². The summed E-state index contributed by atoms with van der Waals surface area (Å²) in [5.74, 6) is 0.543. The number of aromatic amines is 1. The number of rotatable bonds is 4. The number of nitrogens with one attached hydrogen (secondary N) is 3. The van der Waals surface area contributed by atoms with E-state index in [1.165, 1.54) is 0 Å². The van der Waals surface area contributed by atoms with Gasteiger partial charge in [0.2, 0.25) is 5.95 Å². The number of benzene rings is 2. The van der Waals surface area contributed by atoms with Crippen LogP contribution in [0.25, 0.3) is 10.9 Å². The van der Waals surface area contributed by atoms with Gasteiger partial charge in [0.1, 0.15) is 5.82 Å². The second-order valence-electron chi connectivity index (χ2n) is 5.87. The predicted octanol–water partition coefficient (Wildman–Crippen LogP) is 5.55. The second kappa shape index (κ2) is 6.65. The molecule has 0 saturated heterocycles. The van der Waals surface area contributed by atoms with Crippen LogP contribution < -0.4 is 10.6 Å². The minimum absolute atomic E-state index is 0.324. The van der Waals surface area contributed by atoms with Crippen LogP contribution in [0.2, 0.25) is 5.02 Å². The first-order valence-electron chi connectivity index (χ1n) is 7.99. The number of fused-ring (bicyclic) bond motifs is 1. The molecule has 0 aliphatic rings. The van der Waals surface area contributed by atoms with E-state index in [0.29, 0.717) is 27.9 Å². The summed E-state index contributed by atoms with van der Waals surface area (Å²) in [6, 6.07) is 14.2. The minimum Gasteiger partial charge on any atom is -0.359 e. The smallest absolute Gasteiger partial charge is 0.229 e. The Balaban J connectivity index is 1.60. The van der Waals surface area contributed by atoms with E-state index in [1.807, 2.05) is 25.1 Å². The van der Waals surface area contributed by atoms with Gasteiger partial charge in [-0.05, 0) is 49.4 Å². The topological polar surface area (TPSA) is 65.6 Å². The van der Waals surface area contributed by atoms with Crippen LogP contribution >= 0.6 is 11.6 Å². The van der Waals surface area contributed by atoms with E-state index in [-0.39, 0.29) is 5.82 Å². The molecule has 130 valence electrons. The summed E-state index contributed by atoms with van der Waals surface area (Å²) in [5, 5.41) is 7.23. The molecule has 3 N–H and O–H groups in total. The lowest BCUT2D eigenvalue weighted by molar-refractivity contribution is 0.644. The van der Waals surface area contributed by atoms with Crippen molar-refractivity contribution in [2.75, 3.05) is 10.6 Å². The number of nitrogens with zero attached hydrogens (tertiary/aromatic N) is 2. The SMILES string of the molecule is Cc1cc2c(F)c(Nc3ccnc(Nc4cccc(Cl)c4)n3)ccc2[nH]1. The van der Waals surface area contributed by atoms with Crippen LogP contribution in [0.4, 0.5) is 27.5 Å². The first kappa shape index (κ1) is 16.4. The van der Waals surface area contributed by atoms with Crippen LogP contribution in [0.1, 0.15) is 5.69 Å². The molecule has 7 heteroatoms. The molecule has 0 atom stereocenters. The molecule has 0 bridgehead atoms. The largest absolute Gasteiger partial charge is 0.359 e. The number of hydrogen-bond acceptors (Lipinski definition) is 4. The Morgan fingerprint density at radius 1 is 1.08 bits per heavy atom. The third-order valence-electron chi connectivity index (χ3n) is 3.87. The van der Waals surface area contributed by atoms with E-state index in [0.717, 1.165) is 16.9 Å². The fourth-order valence-electron chi connectivity index (χ4n) is 2.73. The molecule has 0 fully saturated rings. The third kappa shape index (κ3) is 3.32. The molecular weight excluding hydrogens is 353 g/mol. The van der Waals surface area contributed by atoms with Crippen LogP contribution in [0.5, 0.6) is 0 Å². The van der Waals surface area contributed by atoms with Gasteiger partial charge in [-0.25, -0.2) is 9.37 Å². The maximum absolute atomic E-state index is 14.7. The summed E-state index contributed by atoms with van der Waals surface area (Å²) < 4.78 is 14.7. The molecule has 0 spiro atoms. The second-order valence-corrected chi connectivity index (χ2v) is 6.30. The molecule has 2 heterocycles. The molecule has 5 nitrogen and oxygen atoms in total. The maximum Gasteiger partial charge on any atom is 0.229 e. The molecule has 0 radical (unpaired) electrons. The van der Waals surface area contributed by atoms with Crippen LogP contribution in [-0.4, -0.2) is 15.0 Å². The first-order valence-corrected chi connectivity index (χ1v) is 8.37. The average molecular weight is 368 g/mol. The van der Waals surface area contributed by atoms with Crippen molar-refractivity contribution >= 4 is 45.6 Å². The van der Waals surface area contributed by atoms with Crippen molar-refractivity contribution in [1.82, 2.24) is 15.0 Å². The van der Waals surface area contributed by atoms with Gasteiger partial charge in [0.25, 0.3) is 0 Å². The van der Waals surface area contributed by atoms with Crippen molar-refractivity contribution in [2.45, 2.75) is 6.92 Å². The molecular formula is C19H15ClFN5. The number of halogens is 2. The molecule has 26 heavy (non-hydrogen) atoms. The number of aromatic nitrogens is 3. The lowest BCUT2D eigenvalue weighted by atomic mass is 10.2. The summed E-state index contributed by atoms with van der Waals surface area (Å²) in [7, 11) is 0. The molecule has 2 aromatic heterocycles. The lowest BCUT2D eigenvalue weighted by Crippen LogP contribution is -2.01. The Morgan fingerprint density at radius 3 is 2.81 bits per heavy atom. The highest BCUT2D eigenvalue weighted by Crippen LogP contribution is 2.27. The highest BCUT2D eigenvalue weighted by atomic mass is 35.5. The third-order valence-corrected chi connectivity index (χ3v) is 4.11.